The summed E-state index contributed by atoms with van der Waals surface area (Å²) in [5.41, 5.74) is 3.35. The van der Waals surface area contributed by atoms with Gasteiger partial charge in [-0.15, -0.1) is 20.4 Å². The Bertz CT molecular complexity index is 255. The van der Waals surface area contributed by atoms with Crippen LogP contribution in [0.15, 0.2) is 11.0 Å². The van der Waals surface area contributed by atoms with Crippen molar-refractivity contribution in [2.45, 2.75) is 0 Å². The van der Waals surface area contributed by atoms with E-state index in [2.05, 4.69) is 20.4 Å². The number of hydrogen-bond acceptors (Lipinski definition) is 6. The average Bonchev–Trinajstić information content (AvgIpc) is 2.59. The number of hydrogen-bond donors (Lipinski definition) is 0. The van der Waals surface area contributed by atoms with Crippen molar-refractivity contribution in [3.05, 3.63) is 11.0 Å². The molecule has 0 unspecified atom stereocenters. The van der Waals surface area contributed by atoms with E-state index in [0.717, 1.165) is 10.0 Å². The van der Waals surface area contributed by atoms with Crippen LogP contribution in [0.3, 0.4) is 0 Å². The molecular formula is C4H2N4S2. The maximum atomic E-state index is 3.84. The summed E-state index contributed by atoms with van der Waals surface area (Å²) in [4.78, 5) is 0. The number of rotatable bonds is 1. The molecule has 0 amide bonds. The first-order valence-electron chi connectivity index (χ1n) is 2.49. The van der Waals surface area contributed by atoms with E-state index in [9.17, 15) is 0 Å². The van der Waals surface area contributed by atoms with Crippen LogP contribution >= 0.6 is 22.7 Å². The zero-order valence-electron chi connectivity index (χ0n) is 4.76. The van der Waals surface area contributed by atoms with Crippen LogP contribution in [0.5, 0.6) is 0 Å². The van der Waals surface area contributed by atoms with Gasteiger partial charge in [-0.25, -0.2) is 0 Å². The molecule has 2 aromatic rings. The van der Waals surface area contributed by atoms with Crippen molar-refractivity contribution in [1.29, 1.82) is 0 Å². The van der Waals surface area contributed by atoms with Gasteiger partial charge in [-0.05, 0) is 0 Å². The summed E-state index contributed by atoms with van der Waals surface area (Å²) in [5.74, 6) is 0. The third-order valence-electron chi connectivity index (χ3n) is 0.903. The summed E-state index contributed by atoms with van der Waals surface area (Å²) in [5, 5.41) is 16.7. The first-order chi connectivity index (χ1) is 4.97. The van der Waals surface area contributed by atoms with Crippen LogP contribution in [0.2, 0.25) is 0 Å². The Morgan fingerprint density at radius 2 is 1.40 bits per heavy atom. The van der Waals surface area contributed by atoms with Gasteiger partial charge >= 0.3 is 0 Å². The Morgan fingerprint density at radius 3 is 1.70 bits per heavy atom. The minimum absolute atomic E-state index is 0.836. The highest BCUT2D eigenvalue weighted by Crippen LogP contribution is 2.20. The molecule has 0 aliphatic heterocycles. The fourth-order valence-corrected chi connectivity index (χ4v) is 1.68. The van der Waals surface area contributed by atoms with Gasteiger partial charge in [-0.2, -0.15) is 0 Å². The first-order valence-corrected chi connectivity index (χ1v) is 4.25. The fourth-order valence-electron chi connectivity index (χ4n) is 0.533. The molecule has 0 saturated heterocycles. The SMILES string of the molecule is c1nnc(-c2nncs2)s1. The quantitative estimate of drug-likeness (QED) is 0.642. The average molecular weight is 170 g/mol. The summed E-state index contributed by atoms with van der Waals surface area (Å²) in [7, 11) is 0. The van der Waals surface area contributed by atoms with Gasteiger partial charge in [-0.3, -0.25) is 0 Å². The predicted octanol–water partition coefficient (Wildman–Crippen LogP) is 1.06. The summed E-state index contributed by atoms with van der Waals surface area (Å²) in [6.07, 6.45) is 0. The van der Waals surface area contributed by atoms with Crippen molar-refractivity contribution in [3.8, 4) is 10.0 Å². The fraction of sp³-hybridized carbons (Fsp3) is 0. The van der Waals surface area contributed by atoms with Gasteiger partial charge in [0.1, 0.15) is 11.0 Å². The summed E-state index contributed by atoms with van der Waals surface area (Å²) >= 11 is 2.93. The van der Waals surface area contributed by atoms with Gasteiger partial charge < -0.3 is 0 Å². The Balaban J connectivity index is 2.48. The van der Waals surface area contributed by atoms with Crippen LogP contribution in [0.1, 0.15) is 0 Å². The Labute approximate surface area is 64.6 Å². The lowest BCUT2D eigenvalue weighted by Crippen LogP contribution is -1.74. The molecule has 0 aliphatic carbocycles. The van der Waals surface area contributed by atoms with Crippen LogP contribution in [0, 0.1) is 0 Å². The summed E-state index contributed by atoms with van der Waals surface area (Å²) < 4.78 is 0. The molecule has 2 heterocycles. The Kier molecular flexibility index (Phi) is 1.40. The van der Waals surface area contributed by atoms with Crippen LogP contribution in [0.4, 0.5) is 0 Å². The van der Waals surface area contributed by atoms with E-state index in [1.165, 1.54) is 22.7 Å². The molecule has 0 atom stereocenters. The molecule has 10 heavy (non-hydrogen) atoms. The number of nitrogens with zero attached hydrogens (tertiary/aromatic N) is 4. The van der Waals surface area contributed by atoms with E-state index in [0.29, 0.717) is 0 Å². The molecule has 2 aromatic heterocycles. The van der Waals surface area contributed by atoms with Crippen LogP contribution < -0.4 is 0 Å². The second-order valence-electron chi connectivity index (χ2n) is 1.49. The lowest BCUT2D eigenvalue weighted by Gasteiger charge is -1.78. The van der Waals surface area contributed by atoms with Crippen molar-refractivity contribution in [2.24, 2.45) is 0 Å². The normalized spacial score (nSPS) is 10.0. The van der Waals surface area contributed by atoms with E-state index < -0.39 is 0 Å². The lowest BCUT2D eigenvalue weighted by atomic mass is 10.8. The summed E-state index contributed by atoms with van der Waals surface area (Å²) in [6.45, 7) is 0. The largest absolute Gasteiger partial charge is 0.178 e. The van der Waals surface area contributed by atoms with E-state index in [-0.39, 0.29) is 0 Å². The van der Waals surface area contributed by atoms with Gasteiger partial charge in [0.2, 0.25) is 0 Å². The molecule has 4 nitrogen and oxygen atoms in total. The standard InChI is InChI=1S/C4H2N4S2/c1-5-7-3(9-1)4-8-6-2-10-4/h1-2H. The highest BCUT2D eigenvalue weighted by molar-refractivity contribution is 7.19. The van der Waals surface area contributed by atoms with E-state index in [1.54, 1.807) is 11.0 Å². The third kappa shape index (κ3) is 0.910. The number of aromatic nitrogens is 4. The maximum Gasteiger partial charge on any atom is 0.178 e. The van der Waals surface area contributed by atoms with Crippen molar-refractivity contribution >= 4 is 22.7 Å². The molecule has 6 heteroatoms. The van der Waals surface area contributed by atoms with E-state index >= 15 is 0 Å². The van der Waals surface area contributed by atoms with E-state index in [4.69, 9.17) is 0 Å². The topological polar surface area (TPSA) is 51.6 Å². The molecule has 0 aliphatic rings. The summed E-state index contributed by atoms with van der Waals surface area (Å²) in [6, 6.07) is 0. The van der Waals surface area contributed by atoms with Crippen molar-refractivity contribution in [2.75, 3.05) is 0 Å². The zero-order valence-corrected chi connectivity index (χ0v) is 6.39. The molecule has 0 fully saturated rings. The smallest absolute Gasteiger partial charge is 0.147 e. The van der Waals surface area contributed by atoms with Crippen LogP contribution in [0.25, 0.3) is 10.0 Å². The zero-order chi connectivity index (χ0) is 6.81. The highest BCUT2D eigenvalue weighted by Gasteiger charge is 2.02. The highest BCUT2D eigenvalue weighted by atomic mass is 32.1. The minimum Gasteiger partial charge on any atom is -0.147 e. The van der Waals surface area contributed by atoms with Crippen molar-refractivity contribution < 1.29 is 0 Å². The van der Waals surface area contributed by atoms with Crippen LogP contribution in [-0.2, 0) is 0 Å². The van der Waals surface area contributed by atoms with Gasteiger partial charge in [0, 0.05) is 0 Å². The molecule has 0 N–H and O–H groups in total. The molecule has 0 spiro atoms. The monoisotopic (exact) mass is 170 g/mol. The Hall–Kier alpha value is -0.880. The second-order valence-corrected chi connectivity index (χ2v) is 3.15. The van der Waals surface area contributed by atoms with Crippen molar-refractivity contribution in [1.82, 2.24) is 20.4 Å². The van der Waals surface area contributed by atoms with E-state index in [1.807, 2.05) is 0 Å². The lowest BCUT2D eigenvalue weighted by molar-refractivity contribution is 1.06. The van der Waals surface area contributed by atoms with Gasteiger partial charge in [0.15, 0.2) is 10.0 Å². The predicted molar refractivity (Wildman–Crippen MR) is 38.8 cm³/mol. The van der Waals surface area contributed by atoms with Gasteiger partial charge in [0.25, 0.3) is 0 Å². The molecule has 50 valence electrons. The molecule has 0 bridgehead atoms. The third-order valence-corrected chi connectivity index (χ3v) is 2.43. The molecule has 0 saturated carbocycles. The maximum absolute atomic E-state index is 3.84. The van der Waals surface area contributed by atoms with Crippen molar-refractivity contribution in [3.63, 3.8) is 0 Å². The van der Waals surface area contributed by atoms with Gasteiger partial charge in [-0.1, -0.05) is 22.7 Å². The molecular weight excluding hydrogens is 168 g/mol. The van der Waals surface area contributed by atoms with Gasteiger partial charge in [0.05, 0.1) is 0 Å². The second kappa shape index (κ2) is 2.39. The molecule has 2 rings (SSSR count). The van der Waals surface area contributed by atoms with Crippen LogP contribution in [-0.4, -0.2) is 20.4 Å². The molecule has 0 radical (unpaired) electrons. The Morgan fingerprint density at radius 1 is 0.900 bits per heavy atom. The first kappa shape index (κ1) is 5.87. The molecule has 0 aromatic carbocycles. The minimum atomic E-state index is 0.836.